The molecule has 0 aliphatic heterocycles. The molecule has 0 aromatic heterocycles. The number of benzene rings is 2. The van der Waals surface area contributed by atoms with Crippen LogP contribution in [0.25, 0.3) is 0 Å². The Labute approximate surface area is 128 Å². The first kappa shape index (κ1) is 15.6. The highest BCUT2D eigenvalue weighted by atomic mass is 16.5. The zero-order chi connectivity index (χ0) is 16.1. The van der Waals surface area contributed by atoms with Gasteiger partial charge in [0.2, 0.25) is 0 Å². The number of rotatable bonds is 4. The molecule has 0 aliphatic carbocycles. The molecule has 0 saturated carbocycles. The van der Waals surface area contributed by atoms with Crippen molar-refractivity contribution >= 4 is 17.6 Å². The molecule has 0 saturated heterocycles. The number of phenols is 1. The summed E-state index contributed by atoms with van der Waals surface area (Å²) in [6.07, 6.45) is 0. The molecule has 0 spiro atoms. The number of anilines is 1. The van der Waals surface area contributed by atoms with Gasteiger partial charge in [0.05, 0.1) is 5.56 Å². The average molecular weight is 299 g/mol. The summed E-state index contributed by atoms with van der Waals surface area (Å²) in [5, 5.41) is 12.2. The molecule has 2 rings (SSSR count). The fourth-order valence-corrected chi connectivity index (χ4v) is 1.78. The van der Waals surface area contributed by atoms with Crippen LogP contribution in [0.2, 0.25) is 0 Å². The van der Waals surface area contributed by atoms with Gasteiger partial charge in [-0.2, -0.15) is 0 Å². The van der Waals surface area contributed by atoms with Crippen LogP contribution in [-0.4, -0.2) is 23.6 Å². The van der Waals surface area contributed by atoms with E-state index in [9.17, 15) is 14.7 Å². The summed E-state index contributed by atoms with van der Waals surface area (Å²) in [5.74, 6) is -1.07. The zero-order valence-corrected chi connectivity index (χ0v) is 12.4. The van der Waals surface area contributed by atoms with Crippen LogP contribution in [0.5, 0.6) is 5.75 Å². The minimum atomic E-state index is -0.658. The Morgan fingerprint density at radius 3 is 2.41 bits per heavy atom. The molecule has 0 fully saturated rings. The number of hydrogen-bond donors (Lipinski definition) is 2. The first-order valence-electron chi connectivity index (χ1n) is 6.79. The Bertz CT molecular complexity index is 692. The highest BCUT2D eigenvalue weighted by Crippen LogP contribution is 2.18. The van der Waals surface area contributed by atoms with Crippen LogP contribution in [0.4, 0.5) is 5.69 Å². The van der Waals surface area contributed by atoms with Gasteiger partial charge in [-0.25, -0.2) is 4.79 Å². The molecule has 2 aromatic rings. The van der Waals surface area contributed by atoms with Crippen molar-refractivity contribution in [1.29, 1.82) is 0 Å². The van der Waals surface area contributed by atoms with E-state index in [2.05, 4.69) is 5.32 Å². The highest BCUT2D eigenvalue weighted by molar-refractivity contribution is 5.95. The molecule has 0 radical (unpaired) electrons. The maximum Gasteiger partial charge on any atom is 0.338 e. The number of carbonyl (C=O) groups is 2. The molecule has 22 heavy (non-hydrogen) atoms. The molecular weight excluding hydrogens is 282 g/mol. The Morgan fingerprint density at radius 2 is 1.77 bits per heavy atom. The number of amides is 1. The fourth-order valence-electron chi connectivity index (χ4n) is 1.78. The number of esters is 1. The van der Waals surface area contributed by atoms with Gasteiger partial charge >= 0.3 is 5.97 Å². The van der Waals surface area contributed by atoms with Gasteiger partial charge in [-0.05, 0) is 43.7 Å². The highest BCUT2D eigenvalue weighted by Gasteiger charge is 2.11. The van der Waals surface area contributed by atoms with Crippen LogP contribution in [-0.2, 0) is 9.53 Å². The lowest BCUT2D eigenvalue weighted by Gasteiger charge is -2.07. The van der Waals surface area contributed by atoms with Crippen LogP contribution in [0.3, 0.4) is 0 Å². The SMILES string of the molecule is Cc1ccc(NC(=O)COC(=O)c2ccc(C)c(O)c2)cc1. The molecule has 2 aromatic carbocycles. The molecule has 114 valence electrons. The van der Waals surface area contributed by atoms with Gasteiger partial charge in [-0.3, -0.25) is 4.79 Å². The van der Waals surface area contributed by atoms with E-state index < -0.39 is 11.9 Å². The van der Waals surface area contributed by atoms with Gasteiger partial charge < -0.3 is 15.2 Å². The minimum absolute atomic E-state index is 0.0126. The second-order valence-electron chi connectivity index (χ2n) is 4.99. The van der Waals surface area contributed by atoms with Crippen molar-refractivity contribution in [3.05, 3.63) is 59.2 Å². The first-order chi connectivity index (χ1) is 10.5. The largest absolute Gasteiger partial charge is 0.508 e. The second kappa shape index (κ2) is 6.76. The van der Waals surface area contributed by atoms with Gasteiger partial charge in [-0.1, -0.05) is 23.8 Å². The summed E-state index contributed by atoms with van der Waals surface area (Å²) >= 11 is 0. The lowest BCUT2D eigenvalue weighted by Crippen LogP contribution is -2.20. The third kappa shape index (κ3) is 4.09. The molecule has 0 heterocycles. The van der Waals surface area contributed by atoms with Crippen molar-refractivity contribution in [2.24, 2.45) is 0 Å². The Morgan fingerprint density at radius 1 is 1.09 bits per heavy atom. The molecule has 5 heteroatoms. The number of nitrogens with one attached hydrogen (secondary N) is 1. The maximum atomic E-state index is 11.8. The van der Waals surface area contributed by atoms with Crippen LogP contribution in [0.1, 0.15) is 21.5 Å². The van der Waals surface area contributed by atoms with Crippen molar-refractivity contribution in [1.82, 2.24) is 0 Å². The topological polar surface area (TPSA) is 75.6 Å². The van der Waals surface area contributed by atoms with Crippen molar-refractivity contribution in [2.45, 2.75) is 13.8 Å². The van der Waals surface area contributed by atoms with Crippen LogP contribution >= 0.6 is 0 Å². The molecule has 2 N–H and O–H groups in total. The predicted molar refractivity (Wildman–Crippen MR) is 82.9 cm³/mol. The average Bonchev–Trinajstić information content (AvgIpc) is 2.50. The fraction of sp³-hybridized carbons (Fsp3) is 0.176. The van der Waals surface area contributed by atoms with Crippen LogP contribution < -0.4 is 5.32 Å². The van der Waals surface area contributed by atoms with E-state index in [0.717, 1.165) is 5.56 Å². The standard InChI is InChI=1S/C17H17NO4/c1-11-3-7-14(8-4-11)18-16(20)10-22-17(21)13-6-5-12(2)15(19)9-13/h3-9,19H,10H2,1-2H3,(H,18,20). The summed E-state index contributed by atoms with van der Waals surface area (Å²) in [6.45, 7) is 3.28. The summed E-state index contributed by atoms with van der Waals surface area (Å²) in [7, 11) is 0. The van der Waals surface area contributed by atoms with Crippen molar-refractivity contribution < 1.29 is 19.4 Å². The minimum Gasteiger partial charge on any atom is -0.508 e. The van der Waals surface area contributed by atoms with Crippen molar-refractivity contribution in [3.8, 4) is 5.75 Å². The Hall–Kier alpha value is -2.82. The number of aromatic hydroxyl groups is 1. The summed E-state index contributed by atoms with van der Waals surface area (Å²) in [5.41, 5.74) is 2.59. The second-order valence-corrected chi connectivity index (χ2v) is 4.99. The van der Waals surface area contributed by atoms with Gasteiger partial charge in [0.25, 0.3) is 5.91 Å². The van der Waals surface area contributed by atoms with E-state index in [1.54, 1.807) is 25.1 Å². The molecule has 0 unspecified atom stereocenters. The van der Waals surface area contributed by atoms with Gasteiger partial charge in [0.15, 0.2) is 6.61 Å². The summed E-state index contributed by atoms with van der Waals surface area (Å²) in [4.78, 5) is 23.5. The van der Waals surface area contributed by atoms with E-state index in [-0.39, 0.29) is 17.9 Å². The number of carbonyl (C=O) groups excluding carboxylic acids is 2. The lowest BCUT2D eigenvalue weighted by molar-refractivity contribution is -0.119. The molecular formula is C17H17NO4. The number of phenolic OH excluding ortho intramolecular Hbond substituents is 1. The summed E-state index contributed by atoms with van der Waals surface area (Å²) < 4.78 is 4.92. The van der Waals surface area contributed by atoms with E-state index in [4.69, 9.17) is 4.74 Å². The quantitative estimate of drug-likeness (QED) is 0.851. The molecule has 1 amide bonds. The molecule has 0 bridgehead atoms. The summed E-state index contributed by atoms with van der Waals surface area (Å²) in [6, 6.07) is 11.7. The smallest absolute Gasteiger partial charge is 0.338 e. The molecule has 5 nitrogen and oxygen atoms in total. The third-order valence-corrected chi connectivity index (χ3v) is 3.11. The van der Waals surface area contributed by atoms with Gasteiger partial charge in [0.1, 0.15) is 5.75 Å². The zero-order valence-electron chi connectivity index (χ0n) is 12.4. The normalized spacial score (nSPS) is 10.1. The number of hydrogen-bond acceptors (Lipinski definition) is 4. The van der Waals surface area contributed by atoms with E-state index >= 15 is 0 Å². The van der Waals surface area contributed by atoms with E-state index in [0.29, 0.717) is 11.3 Å². The van der Waals surface area contributed by atoms with Crippen LogP contribution in [0, 0.1) is 13.8 Å². The maximum absolute atomic E-state index is 11.8. The first-order valence-corrected chi connectivity index (χ1v) is 6.79. The predicted octanol–water partition coefficient (Wildman–Crippen LogP) is 2.80. The van der Waals surface area contributed by atoms with E-state index in [1.807, 2.05) is 19.1 Å². The third-order valence-electron chi connectivity index (χ3n) is 3.11. The number of aryl methyl sites for hydroxylation is 2. The monoisotopic (exact) mass is 299 g/mol. The lowest BCUT2D eigenvalue weighted by atomic mass is 10.1. The Kier molecular flexibility index (Phi) is 4.78. The van der Waals surface area contributed by atoms with Gasteiger partial charge in [0, 0.05) is 5.69 Å². The number of ether oxygens (including phenoxy) is 1. The Balaban J connectivity index is 1.88. The van der Waals surface area contributed by atoms with Crippen LogP contribution in [0.15, 0.2) is 42.5 Å². The molecule has 0 atom stereocenters. The van der Waals surface area contributed by atoms with Crippen molar-refractivity contribution in [3.63, 3.8) is 0 Å². The van der Waals surface area contributed by atoms with Gasteiger partial charge in [-0.15, -0.1) is 0 Å². The van der Waals surface area contributed by atoms with Crippen molar-refractivity contribution in [2.75, 3.05) is 11.9 Å². The van der Waals surface area contributed by atoms with E-state index in [1.165, 1.54) is 12.1 Å². The molecule has 0 aliphatic rings.